The number of aliphatic hydroxyl groups excluding tert-OH is 1. The van der Waals surface area contributed by atoms with Gasteiger partial charge in [0.15, 0.2) is 6.10 Å². The number of halogens is 1. The van der Waals surface area contributed by atoms with Gasteiger partial charge in [-0.25, -0.2) is 0 Å². The Morgan fingerprint density at radius 2 is 2.16 bits per heavy atom. The molecular formula is C13H14ClN3O2. The number of hydrogen-bond acceptors (Lipinski definition) is 3. The van der Waals surface area contributed by atoms with Crippen LogP contribution in [0.4, 0.5) is 0 Å². The molecule has 0 aliphatic carbocycles. The van der Waals surface area contributed by atoms with Gasteiger partial charge in [-0.3, -0.25) is 9.89 Å². The Labute approximate surface area is 115 Å². The molecule has 0 spiro atoms. The van der Waals surface area contributed by atoms with E-state index in [1.165, 1.54) is 0 Å². The molecule has 1 amide bonds. The summed E-state index contributed by atoms with van der Waals surface area (Å²) in [5.74, 6) is -0.425. The van der Waals surface area contributed by atoms with Crippen molar-refractivity contribution in [3.05, 3.63) is 52.8 Å². The molecule has 0 bridgehead atoms. The standard InChI is InChI=1S/C13H14ClN3O2/c14-11-3-1-10(2-4-11)12(18)13(19)15-6-5-9-7-16-17-8-9/h1-4,7-8,12,18H,5-6H2,(H,15,19)(H,16,17)/t12-/m0/s1. The van der Waals surface area contributed by atoms with Crippen molar-refractivity contribution in [3.63, 3.8) is 0 Å². The fraction of sp³-hybridized carbons (Fsp3) is 0.231. The molecular weight excluding hydrogens is 266 g/mol. The van der Waals surface area contributed by atoms with Gasteiger partial charge in [0.25, 0.3) is 5.91 Å². The van der Waals surface area contributed by atoms with E-state index in [0.29, 0.717) is 23.6 Å². The lowest BCUT2D eigenvalue weighted by atomic mass is 10.1. The van der Waals surface area contributed by atoms with E-state index in [-0.39, 0.29) is 0 Å². The van der Waals surface area contributed by atoms with Gasteiger partial charge in [0.1, 0.15) is 0 Å². The Morgan fingerprint density at radius 1 is 1.42 bits per heavy atom. The highest BCUT2D eigenvalue weighted by Gasteiger charge is 2.16. The topological polar surface area (TPSA) is 78.0 Å². The minimum atomic E-state index is -1.18. The van der Waals surface area contributed by atoms with Gasteiger partial charge in [-0.1, -0.05) is 23.7 Å². The summed E-state index contributed by atoms with van der Waals surface area (Å²) in [6.45, 7) is 0.447. The molecule has 6 heteroatoms. The van der Waals surface area contributed by atoms with Crippen LogP contribution in [-0.4, -0.2) is 27.8 Å². The minimum absolute atomic E-state index is 0.425. The number of hydrogen-bond donors (Lipinski definition) is 3. The lowest BCUT2D eigenvalue weighted by molar-refractivity contribution is -0.129. The first kappa shape index (κ1) is 13.6. The second kappa shape index (κ2) is 6.36. The second-order valence-electron chi connectivity index (χ2n) is 4.10. The SMILES string of the molecule is O=C(NCCc1cn[nH]c1)[C@@H](O)c1ccc(Cl)cc1. The molecule has 0 radical (unpaired) electrons. The highest BCUT2D eigenvalue weighted by atomic mass is 35.5. The largest absolute Gasteiger partial charge is 0.378 e. The smallest absolute Gasteiger partial charge is 0.253 e. The minimum Gasteiger partial charge on any atom is -0.378 e. The summed E-state index contributed by atoms with van der Waals surface area (Å²) < 4.78 is 0. The number of aromatic amines is 1. The van der Waals surface area contributed by atoms with E-state index in [4.69, 9.17) is 11.6 Å². The van der Waals surface area contributed by atoms with Crippen LogP contribution < -0.4 is 5.32 Å². The molecule has 0 aliphatic rings. The van der Waals surface area contributed by atoms with Gasteiger partial charge in [-0.05, 0) is 29.7 Å². The van der Waals surface area contributed by atoms with E-state index in [0.717, 1.165) is 5.56 Å². The summed E-state index contributed by atoms with van der Waals surface area (Å²) in [7, 11) is 0. The average molecular weight is 280 g/mol. The first-order chi connectivity index (χ1) is 9.16. The Bertz CT molecular complexity index is 525. The van der Waals surface area contributed by atoms with Crippen molar-refractivity contribution in [2.75, 3.05) is 6.54 Å². The fourth-order valence-corrected chi connectivity index (χ4v) is 1.76. The molecule has 2 rings (SSSR count). The lowest BCUT2D eigenvalue weighted by Gasteiger charge is -2.11. The third-order valence-electron chi connectivity index (χ3n) is 2.70. The Balaban J connectivity index is 1.83. The Hall–Kier alpha value is -1.85. The van der Waals surface area contributed by atoms with Crippen molar-refractivity contribution >= 4 is 17.5 Å². The van der Waals surface area contributed by atoms with E-state index in [9.17, 15) is 9.90 Å². The van der Waals surface area contributed by atoms with Crippen LogP contribution in [0.1, 0.15) is 17.2 Å². The zero-order valence-corrected chi connectivity index (χ0v) is 10.9. The Kier molecular flexibility index (Phi) is 4.54. The van der Waals surface area contributed by atoms with Crippen molar-refractivity contribution < 1.29 is 9.90 Å². The number of rotatable bonds is 5. The van der Waals surface area contributed by atoms with Crippen molar-refractivity contribution in [3.8, 4) is 0 Å². The summed E-state index contributed by atoms with van der Waals surface area (Å²) in [6, 6.07) is 6.53. The Morgan fingerprint density at radius 3 is 2.79 bits per heavy atom. The third-order valence-corrected chi connectivity index (χ3v) is 2.95. The highest BCUT2D eigenvalue weighted by molar-refractivity contribution is 6.30. The predicted molar refractivity (Wildman–Crippen MR) is 71.7 cm³/mol. The first-order valence-corrected chi connectivity index (χ1v) is 6.23. The number of aromatic nitrogens is 2. The number of aliphatic hydroxyl groups is 1. The van der Waals surface area contributed by atoms with Gasteiger partial charge in [-0.15, -0.1) is 0 Å². The van der Waals surface area contributed by atoms with Crippen LogP contribution in [0.3, 0.4) is 0 Å². The van der Waals surface area contributed by atoms with Crippen molar-refractivity contribution in [2.45, 2.75) is 12.5 Å². The van der Waals surface area contributed by atoms with Gasteiger partial charge in [0.2, 0.25) is 0 Å². The fourth-order valence-electron chi connectivity index (χ4n) is 1.64. The van der Waals surface area contributed by atoms with E-state index in [1.54, 1.807) is 36.7 Å². The van der Waals surface area contributed by atoms with Crippen LogP contribution in [-0.2, 0) is 11.2 Å². The summed E-state index contributed by atoms with van der Waals surface area (Å²) in [6.07, 6.45) is 2.95. The molecule has 1 aromatic heterocycles. The predicted octanol–water partition coefficient (Wildman–Crippen LogP) is 1.46. The molecule has 2 aromatic rings. The molecule has 0 saturated carbocycles. The number of nitrogens with one attached hydrogen (secondary N) is 2. The van der Waals surface area contributed by atoms with E-state index in [1.807, 2.05) is 0 Å². The number of amides is 1. The lowest BCUT2D eigenvalue weighted by Crippen LogP contribution is -2.30. The number of carbonyl (C=O) groups is 1. The molecule has 1 atom stereocenters. The van der Waals surface area contributed by atoms with Crippen LogP contribution in [0.2, 0.25) is 5.02 Å². The number of carbonyl (C=O) groups excluding carboxylic acids is 1. The van der Waals surface area contributed by atoms with Crippen molar-refractivity contribution in [1.29, 1.82) is 0 Å². The summed E-state index contributed by atoms with van der Waals surface area (Å²) in [4.78, 5) is 11.7. The van der Waals surface area contributed by atoms with E-state index >= 15 is 0 Å². The third kappa shape index (κ3) is 3.81. The molecule has 1 aromatic carbocycles. The average Bonchev–Trinajstić information content (AvgIpc) is 2.92. The quantitative estimate of drug-likeness (QED) is 0.775. The molecule has 100 valence electrons. The monoisotopic (exact) mass is 279 g/mol. The van der Waals surface area contributed by atoms with E-state index < -0.39 is 12.0 Å². The van der Waals surface area contributed by atoms with Gasteiger partial charge >= 0.3 is 0 Å². The van der Waals surface area contributed by atoms with Crippen LogP contribution >= 0.6 is 11.6 Å². The second-order valence-corrected chi connectivity index (χ2v) is 4.54. The normalized spacial score (nSPS) is 12.1. The maximum Gasteiger partial charge on any atom is 0.253 e. The number of benzene rings is 1. The molecule has 0 saturated heterocycles. The van der Waals surface area contributed by atoms with Crippen LogP contribution in [0.25, 0.3) is 0 Å². The van der Waals surface area contributed by atoms with Crippen molar-refractivity contribution in [1.82, 2.24) is 15.5 Å². The zero-order chi connectivity index (χ0) is 13.7. The van der Waals surface area contributed by atoms with Gasteiger partial charge in [0, 0.05) is 17.8 Å². The molecule has 0 aliphatic heterocycles. The maximum atomic E-state index is 11.7. The van der Waals surface area contributed by atoms with E-state index in [2.05, 4.69) is 15.5 Å². The highest BCUT2D eigenvalue weighted by Crippen LogP contribution is 2.16. The summed E-state index contributed by atoms with van der Waals surface area (Å²) in [5, 5.41) is 19.6. The van der Waals surface area contributed by atoms with Crippen LogP contribution in [0.15, 0.2) is 36.7 Å². The summed E-state index contributed by atoms with van der Waals surface area (Å²) in [5.41, 5.74) is 1.52. The molecule has 19 heavy (non-hydrogen) atoms. The maximum absolute atomic E-state index is 11.7. The van der Waals surface area contributed by atoms with Crippen LogP contribution in [0, 0.1) is 0 Å². The van der Waals surface area contributed by atoms with Gasteiger partial charge < -0.3 is 10.4 Å². The van der Waals surface area contributed by atoms with Gasteiger partial charge in [0.05, 0.1) is 6.20 Å². The number of nitrogens with zero attached hydrogens (tertiary/aromatic N) is 1. The molecule has 1 heterocycles. The first-order valence-electron chi connectivity index (χ1n) is 5.85. The summed E-state index contributed by atoms with van der Waals surface area (Å²) >= 11 is 5.75. The van der Waals surface area contributed by atoms with Crippen LogP contribution in [0.5, 0.6) is 0 Å². The molecule has 0 unspecified atom stereocenters. The molecule has 3 N–H and O–H groups in total. The number of H-pyrrole nitrogens is 1. The van der Waals surface area contributed by atoms with Gasteiger partial charge in [-0.2, -0.15) is 5.10 Å². The zero-order valence-electron chi connectivity index (χ0n) is 10.1. The molecule has 5 nitrogen and oxygen atoms in total. The molecule has 0 fully saturated rings. The van der Waals surface area contributed by atoms with Crippen molar-refractivity contribution in [2.24, 2.45) is 0 Å².